The fourth-order valence-corrected chi connectivity index (χ4v) is 6.38. The number of nitrogens with two attached hydrogens (primary N) is 1. The van der Waals surface area contributed by atoms with E-state index in [4.69, 9.17) is 5.73 Å². The maximum Gasteiger partial charge on any atom is 0.254 e. The van der Waals surface area contributed by atoms with Crippen LogP contribution in [0.2, 0.25) is 0 Å². The van der Waals surface area contributed by atoms with Gasteiger partial charge in [-0.05, 0) is 59.9 Å². The smallest absolute Gasteiger partial charge is 0.254 e. The number of carbonyl (C=O) groups excluding carboxylic acids is 1. The number of halogens is 2. The summed E-state index contributed by atoms with van der Waals surface area (Å²) in [7, 11) is -3.80. The lowest BCUT2D eigenvalue weighted by molar-refractivity contribution is 0.0554. The Labute approximate surface area is 239 Å². The van der Waals surface area contributed by atoms with E-state index in [0.717, 1.165) is 35.7 Å². The molecule has 2 atom stereocenters. The number of hydrogen-bond donors (Lipinski definition) is 3. The van der Waals surface area contributed by atoms with Crippen molar-refractivity contribution in [3.63, 3.8) is 0 Å². The number of carbonyl (C=O) groups is 1. The number of nitrogens with one attached hydrogen (secondary N) is 1. The molecule has 8 nitrogen and oxygen atoms in total. The molecule has 3 aromatic carbocycles. The molecule has 1 fully saturated rings. The van der Waals surface area contributed by atoms with E-state index in [0.29, 0.717) is 26.2 Å². The van der Waals surface area contributed by atoms with Crippen LogP contribution in [-0.4, -0.2) is 73.5 Å². The summed E-state index contributed by atoms with van der Waals surface area (Å²) in [4.78, 5) is 15.3. The molecule has 1 aliphatic heterocycles. The van der Waals surface area contributed by atoms with E-state index in [1.165, 1.54) is 33.5 Å². The number of aliphatic hydroxyl groups excluding tert-OH is 1. The quantitative estimate of drug-likeness (QED) is 0.318. The number of sulfonamides is 1. The minimum absolute atomic E-state index is 0.0123. The van der Waals surface area contributed by atoms with Crippen LogP contribution in [0.15, 0.2) is 71.6 Å². The summed E-state index contributed by atoms with van der Waals surface area (Å²) in [6, 6.07) is 15.7. The summed E-state index contributed by atoms with van der Waals surface area (Å²) in [5.74, 6) is -1.97. The van der Waals surface area contributed by atoms with Crippen LogP contribution < -0.4 is 11.1 Å². The first kappa shape index (κ1) is 30.7. The second kappa shape index (κ2) is 13.6. The first-order chi connectivity index (χ1) is 19.6. The van der Waals surface area contributed by atoms with E-state index in [2.05, 4.69) is 5.32 Å². The van der Waals surface area contributed by atoms with E-state index < -0.39 is 39.7 Å². The van der Waals surface area contributed by atoms with E-state index in [9.17, 15) is 27.1 Å². The Balaban J connectivity index is 1.59. The first-order valence-corrected chi connectivity index (χ1v) is 15.1. The topological polar surface area (TPSA) is 116 Å². The second-order valence-corrected chi connectivity index (χ2v) is 12.2. The van der Waals surface area contributed by atoms with Gasteiger partial charge in [0.2, 0.25) is 10.0 Å². The molecular weight excluding hydrogens is 550 g/mol. The zero-order valence-corrected chi connectivity index (χ0v) is 23.8. The van der Waals surface area contributed by atoms with Crippen molar-refractivity contribution in [1.82, 2.24) is 14.5 Å². The number of piperazine rings is 1. The largest absolute Gasteiger partial charge is 0.390 e. The average molecular weight is 587 g/mol. The van der Waals surface area contributed by atoms with E-state index >= 15 is 0 Å². The zero-order valence-electron chi connectivity index (χ0n) is 23.0. The zero-order chi connectivity index (χ0) is 29.6. The summed E-state index contributed by atoms with van der Waals surface area (Å²) in [5, 5.41) is 14.1. The van der Waals surface area contributed by atoms with Crippen molar-refractivity contribution in [3.05, 3.63) is 101 Å². The summed E-state index contributed by atoms with van der Waals surface area (Å²) in [6.07, 6.45) is -0.445. The number of amides is 1. The van der Waals surface area contributed by atoms with Crippen molar-refractivity contribution in [2.45, 2.75) is 43.4 Å². The molecule has 4 N–H and O–H groups in total. The lowest BCUT2D eigenvalue weighted by Gasteiger charge is -2.29. The summed E-state index contributed by atoms with van der Waals surface area (Å²) in [6.45, 7) is 3.73. The number of nitrogens with zero attached hydrogens (tertiary/aromatic N) is 2. The Morgan fingerprint density at radius 2 is 1.66 bits per heavy atom. The minimum Gasteiger partial charge on any atom is -0.390 e. The highest BCUT2D eigenvalue weighted by atomic mass is 32.2. The van der Waals surface area contributed by atoms with Crippen molar-refractivity contribution >= 4 is 15.9 Å². The van der Waals surface area contributed by atoms with Crippen LogP contribution >= 0.6 is 0 Å². The van der Waals surface area contributed by atoms with Crippen molar-refractivity contribution in [3.8, 4) is 0 Å². The highest BCUT2D eigenvalue weighted by Gasteiger charge is 2.28. The molecule has 11 heteroatoms. The number of aliphatic hydroxyl groups is 1. The van der Waals surface area contributed by atoms with E-state index in [1.807, 2.05) is 31.2 Å². The fraction of sp³-hybridized carbons (Fsp3) is 0.367. The van der Waals surface area contributed by atoms with Crippen LogP contribution in [0.3, 0.4) is 0 Å². The van der Waals surface area contributed by atoms with Crippen molar-refractivity contribution in [2.75, 3.05) is 32.7 Å². The molecule has 0 bridgehead atoms. The van der Waals surface area contributed by atoms with Gasteiger partial charge >= 0.3 is 0 Å². The van der Waals surface area contributed by atoms with Gasteiger partial charge < -0.3 is 21.1 Å². The lowest BCUT2D eigenvalue weighted by Crippen LogP contribution is -2.46. The van der Waals surface area contributed by atoms with Gasteiger partial charge in [0, 0.05) is 56.9 Å². The SMILES string of the molecule is CCc1cccc(CN(C[C@@H](O)[C@@H](N)Cc2cc(F)cc(F)c2)C(=O)c2cccc(S(=O)(=O)N3CCNCC3)c2)c1. The van der Waals surface area contributed by atoms with Crippen molar-refractivity contribution in [1.29, 1.82) is 0 Å². The Kier molecular flexibility index (Phi) is 10.2. The monoisotopic (exact) mass is 586 g/mol. The van der Waals surface area contributed by atoms with Gasteiger partial charge in [0.05, 0.1) is 11.0 Å². The van der Waals surface area contributed by atoms with E-state index in [1.54, 1.807) is 0 Å². The highest BCUT2D eigenvalue weighted by molar-refractivity contribution is 7.89. The second-order valence-electron chi connectivity index (χ2n) is 10.3. The Hall–Kier alpha value is -3.22. The standard InChI is InChI=1S/C30H36F2N4O4S/c1-2-21-5-3-6-22(13-21)19-35(20-29(37)28(33)16-23-14-25(31)18-26(32)15-23)30(38)24-7-4-8-27(17-24)41(39,40)36-11-9-34-10-12-36/h3-8,13-15,17-18,28-29,34,37H,2,9-12,16,19-20,33H2,1H3/t28-,29+/m0/s1. The third-order valence-corrected chi connectivity index (χ3v) is 9.05. The summed E-state index contributed by atoms with van der Waals surface area (Å²) < 4.78 is 55.2. The van der Waals surface area contributed by atoms with Crippen molar-refractivity contribution < 1.29 is 27.1 Å². The molecule has 0 aliphatic carbocycles. The number of hydrogen-bond acceptors (Lipinski definition) is 6. The molecule has 0 radical (unpaired) electrons. The maximum absolute atomic E-state index is 13.8. The Bertz CT molecular complexity index is 1440. The molecule has 1 saturated heterocycles. The van der Waals surface area contributed by atoms with Gasteiger partial charge in [-0.15, -0.1) is 0 Å². The van der Waals surface area contributed by atoms with Crippen LogP contribution in [0.5, 0.6) is 0 Å². The lowest BCUT2D eigenvalue weighted by atomic mass is 10.0. The third kappa shape index (κ3) is 7.96. The molecule has 220 valence electrons. The maximum atomic E-state index is 13.8. The van der Waals surface area contributed by atoms with Gasteiger partial charge in [-0.25, -0.2) is 17.2 Å². The summed E-state index contributed by atoms with van der Waals surface area (Å²) in [5.41, 5.74) is 8.56. The average Bonchev–Trinajstić information content (AvgIpc) is 2.96. The first-order valence-electron chi connectivity index (χ1n) is 13.6. The van der Waals surface area contributed by atoms with Crippen LogP contribution in [0.25, 0.3) is 0 Å². The molecule has 0 aromatic heterocycles. The molecular formula is C30H36F2N4O4S. The summed E-state index contributed by atoms with van der Waals surface area (Å²) >= 11 is 0. The minimum atomic E-state index is -3.80. The molecule has 0 saturated carbocycles. The van der Waals surface area contributed by atoms with Crippen molar-refractivity contribution in [2.24, 2.45) is 5.73 Å². The fourth-order valence-electron chi connectivity index (χ4n) is 4.89. The number of rotatable bonds is 11. The third-order valence-electron chi connectivity index (χ3n) is 7.15. The molecule has 41 heavy (non-hydrogen) atoms. The van der Waals surface area contributed by atoms with E-state index in [-0.39, 0.29) is 35.5 Å². The molecule has 1 heterocycles. The molecule has 0 unspecified atom stereocenters. The normalized spacial score (nSPS) is 15.8. The molecule has 1 aliphatic rings. The van der Waals surface area contributed by atoms with Crippen LogP contribution in [-0.2, 0) is 29.4 Å². The van der Waals surface area contributed by atoms with Gasteiger partial charge in [0.25, 0.3) is 5.91 Å². The number of benzene rings is 3. The van der Waals surface area contributed by atoms with Gasteiger partial charge in [0.15, 0.2) is 0 Å². The predicted octanol–water partition coefficient (Wildman–Crippen LogP) is 2.69. The molecule has 4 rings (SSSR count). The Morgan fingerprint density at radius 1 is 1.00 bits per heavy atom. The van der Waals surface area contributed by atoms with Gasteiger partial charge in [0.1, 0.15) is 11.6 Å². The predicted molar refractivity (Wildman–Crippen MR) is 153 cm³/mol. The van der Waals surface area contributed by atoms with Crippen LogP contribution in [0.1, 0.15) is 34.0 Å². The van der Waals surface area contributed by atoms with Crippen LogP contribution in [0.4, 0.5) is 8.78 Å². The highest BCUT2D eigenvalue weighted by Crippen LogP contribution is 2.21. The van der Waals surface area contributed by atoms with Gasteiger partial charge in [-0.2, -0.15) is 4.31 Å². The molecule has 0 spiro atoms. The van der Waals surface area contributed by atoms with Crippen LogP contribution in [0, 0.1) is 11.6 Å². The van der Waals surface area contributed by atoms with Gasteiger partial charge in [-0.1, -0.05) is 37.3 Å². The molecule has 1 amide bonds. The molecule has 3 aromatic rings. The van der Waals surface area contributed by atoms with Gasteiger partial charge in [-0.3, -0.25) is 4.79 Å². The Morgan fingerprint density at radius 3 is 2.34 bits per heavy atom. The number of aryl methyl sites for hydroxylation is 1.